The van der Waals surface area contributed by atoms with Gasteiger partial charge in [0.05, 0.1) is 22.8 Å². The molecular formula is C26H25F3N6O4S. The Morgan fingerprint density at radius 2 is 1.90 bits per heavy atom. The maximum atomic E-state index is 13.3. The number of nitrogens with one attached hydrogen (secondary N) is 2. The van der Waals surface area contributed by atoms with E-state index < -0.39 is 34.9 Å². The number of amides is 2. The van der Waals surface area contributed by atoms with Gasteiger partial charge in [-0.2, -0.15) is 13.2 Å². The molecular weight excluding hydrogens is 549 g/mol. The standard InChI is InChI=1S/C26H25F3N6O4S/c1-4-30-25(39)34-21-8-14(23-33-20(12-40-23)26(27,28)29)16(9-32-21)18-7-15-19(10-31-18)35(6-5-13(2)3)11-17(22(15)36)24(37)38/h7-13H,4-6H2,1-3H3,(H,37,38)(H2,30,32,34,39). The molecule has 4 heterocycles. The van der Waals surface area contributed by atoms with Crippen molar-refractivity contribution in [1.29, 1.82) is 0 Å². The predicted molar refractivity (Wildman–Crippen MR) is 144 cm³/mol. The monoisotopic (exact) mass is 574 g/mol. The molecule has 0 aromatic carbocycles. The fourth-order valence-electron chi connectivity index (χ4n) is 3.92. The van der Waals surface area contributed by atoms with Gasteiger partial charge in [-0.15, -0.1) is 11.3 Å². The first-order valence-electron chi connectivity index (χ1n) is 12.2. The number of halogens is 3. The molecule has 4 aromatic rings. The lowest BCUT2D eigenvalue weighted by molar-refractivity contribution is -0.140. The van der Waals surface area contributed by atoms with Gasteiger partial charge in [-0.05, 0) is 31.4 Å². The van der Waals surface area contributed by atoms with Crippen LogP contribution in [-0.4, -0.2) is 43.2 Å². The van der Waals surface area contributed by atoms with Crippen molar-refractivity contribution >= 4 is 40.1 Å². The van der Waals surface area contributed by atoms with E-state index in [2.05, 4.69) is 25.6 Å². The van der Waals surface area contributed by atoms with E-state index in [4.69, 9.17) is 0 Å². The average molecular weight is 575 g/mol. The Balaban J connectivity index is 1.91. The van der Waals surface area contributed by atoms with Gasteiger partial charge in [0.1, 0.15) is 16.4 Å². The van der Waals surface area contributed by atoms with Gasteiger partial charge >= 0.3 is 18.2 Å². The number of fused-ring (bicyclic) bond motifs is 1. The number of carbonyl (C=O) groups is 2. The van der Waals surface area contributed by atoms with Crippen LogP contribution < -0.4 is 16.1 Å². The zero-order valence-corrected chi connectivity index (χ0v) is 22.5. The number of rotatable bonds is 8. The summed E-state index contributed by atoms with van der Waals surface area (Å²) in [7, 11) is 0. The van der Waals surface area contributed by atoms with E-state index in [9.17, 15) is 32.7 Å². The minimum absolute atomic E-state index is 0.0146. The largest absolute Gasteiger partial charge is 0.477 e. The van der Waals surface area contributed by atoms with Crippen LogP contribution >= 0.6 is 11.3 Å². The fraction of sp³-hybridized carbons (Fsp3) is 0.308. The minimum Gasteiger partial charge on any atom is -0.477 e. The molecule has 0 radical (unpaired) electrons. The molecule has 0 unspecified atom stereocenters. The molecule has 0 bridgehead atoms. The maximum absolute atomic E-state index is 13.3. The third-order valence-electron chi connectivity index (χ3n) is 5.93. The molecule has 10 nitrogen and oxygen atoms in total. The van der Waals surface area contributed by atoms with Gasteiger partial charge in [-0.1, -0.05) is 13.8 Å². The fourth-order valence-corrected chi connectivity index (χ4v) is 4.78. The summed E-state index contributed by atoms with van der Waals surface area (Å²) < 4.78 is 41.6. The van der Waals surface area contributed by atoms with Crippen molar-refractivity contribution in [2.75, 3.05) is 11.9 Å². The van der Waals surface area contributed by atoms with Crippen molar-refractivity contribution in [3.05, 3.63) is 57.6 Å². The summed E-state index contributed by atoms with van der Waals surface area (Å²) in [5.74, 6) is -1.01. The van der Waals surface area contributed by atoms with E-state index in [0.717, 1.165) is 23.1 Å². The van der Waals surface area contributed by atoms with E-state index in [1.165, 1.54) is 30.7 Å². The summed E-state index contributed by atoms with van der Waals surface area (Å²) in [4.78, 5) is 49.4. The van der Waals surface area contributed by atoms with Crippen LogP contribution in [0.4, 0.5) is 23.8 Å². The maximum Gasteiger partial charge on any atom is 0.434 e. The van der Waals surface area contributed by atoms with Crippen molar-refractivity contribution < 1.29 is 27.9 Å². The highest BCUT2D eigenvalue weighted by Gasteiger charge is 2.34. The Hall–Kier alpha value is -4.33. The molecule has 0 saturated carbocycles. The number of aryl methyl sites for hydroxylation is 1. The number of carboxylic acid groups (broad SMARTS) is 1. The summed E-state index contributed by atoms with van der Waals surface area (Å²) >= 11 is 0.742. The van der Waals surface area contributed by atoms with Gasteiger partial charge in [0, 0.05) is 42.0 Å². The first-order valence-corrected chi connectivity index (χ1v) is 13.1. The number of aromatic nitrogens is 4. The van der Waals surface area contributed by atoms with Crippen LogP contribution in [0.15, 0.2) is 40.9 Å². The molecule has 40 heavy (non-hydrogen) atoms. The van der Waals surface area contributed by atoms with Crippen LogP contribution in [0.5, 0.6) is 0 Å². The number of carboxylic acids is 1. The van der Waals surface area contributed by atoms with E-state index >= 15 is 0 Å². The lowest BCUT2D eigenvalue weighted by atomic mass is 10.0. The Morgan fingerprint density at radius 1 is 1.15 bits per heavy atom. The van der Waals surface area contributed by atoms with Crippen molar-refractivity contribution in [2.45, 2.75) is 39.9 Å². The summed E-state index contributed by atoms with van der Waals surface area (Å²) in [5, 5.41) is 15.6. The van der Waals surface area contributed by atoms with Gasteiger partial charge in [0.25, 0.3) is 0 Å². The number of thiazole rings is 1. The molecule has 0 aliphatic heterocycles. The zero-order chi connectivity index (χ0) is 29.2. The molecule has 4 aromatic heterocycles. The number of urea groups is 1. The molecule has 2 amide bonds. The van der Waals surface area contributed by atoms with E-state index in [-0.39, 0.29) is 33.0 Å². The molecule has 0 spiro atoms. The molecule has 14 heteroatoms. The van der Waals surface area contributed by atoms with Crippen LogP contribution in [-0.2, 0) is 12.7 Å². The number of alkyl halides is 3. The normalized spacial score (nSPS) is 11.7. The SMILES string of the molecule is CCNC(=O)Nc1cc(-c2nc(C(F)(F)F)cs2)c(-c2cc3c(=O)c(C(=O)O)cn(CCC(C)C)c3cn2)cn1. The lowest BCUT2D eigenvalue weighted by Gasteiger charge is -2.15. The third-order valence-corrected chi connectivity index (χ3v) is 6.80. The van der Waals surface area contributed by atoms with Crippen LogP contribution in [0.25, 0.3) is 32.7 Å². The number of hydrogen-bond acceptors (Lipinski definition) is 7. The summed E-state index contributed by atoms with van der Waals surface area (Å²) in [6.45, 7) is 6.53. The van der Waals surface area contributed by atoms with Crippen molar-refractivity contribution in [3.8, 4) is 21.8 Å². The highest BCUT2D eigenvalue weighted by molar-refractivity contribution is 7.13. The summed E-state index contributed by atoms with van der Waals surface area (Å²) in [6.07, 6.45) is 0.0710. The van der Waals surface area contributed by atoms with Gasteiger partial charge in [-0.3, -0.25) is 15.1 Å². The smallest absolute Gasteiger partial charge is 0.434 e. The van der Waals surface area contributed by atoms with Gasteiger partial charge in [0.2, 0.25) is 5.43 Å². The lowest BCUT2D eigenvalue weighted by Crippen LogP contribution is -2.28. The highest BCUT2D eigenvalue weighted by Crippen LogP contribution is 2.38. The number of hydrogen-bond donors (Lipinski definition) is 3. The second-order valence-electron chi connectivity index (χ2n) is 9.27. The van der Waals surface area contributed by atoms with E-state index in [1.807, 2.05) is 13.8 Å². The number of anilines is 1. The number of nitrogens with zero attached hydrogens (tertiary/aromatic N) is 4. The molecule has 0 saturated heterocycles. The molecule has 0 aliphatic rings. The highest BCUT2D eigenvalue weighted by atomic mass is 32.1. The van der Waals surface area contributed by atoms with Gasteiger partial charge < -0.3 is 15.0 Å². The van der Waals surface area contributed by atoms with Crippen LogP contribution in [0.3, 0.4) is 0 Å². The second-order valence-corrected chi connectivity index (χ2v) is 10.1. The first kappa shape index (κ1) is 28.7. The molecule has 4 rings (SSSR count). The Bertz CT molecular complexity index is 1650. The predicted octanol–water partition coefficient (Wildman–Crippen LogP) is 5.49. The first-order chi connectivity index (χ1) is 18.9. The molecule has 0 fully saturated rings. The quantitative estimate of drug-likeness (QED) is 0.253. The molecule has 210 valence electrons. The number of aromatic carboxylic acids is 1. The Morgan fingerprint density at radius 3 is 2.52 bits per heavy atom. The number of pyridine rings is 3. The Labute approximate surface area is 229 Å². The topological polar surface area (TPSA) is 139 Å². The van der Waals surface area contributed by atoms with Crippen molar-refractivity contribution in [2.24, 2.45) is 5.92 Å². The third kappa shape index (κ3) is 6.11. The molecule has 3 N–H and O–H groups in total. The van der Waals surface area contributed by atoms with E-state index in [0.29, 0.717) is 24.5 Å². The number of carbonyl (C=O) groups excluding carboxylic acids is 1. The van der Waals surface area contributed by atoms with Gasteiger partial charge in [0.15, 0.2) is 5.69 Å². The van der Waals surface area contributed by atoms with Crippen molar-refractivity contribution in [1.82, 2.24) is 24.8 Å². The van der Waals surface area contributed by atoms with Crippen LogP contribution in [0, 0.1) is 5.92 Å². The zero-order valence-electron chi connectivity index (χ0n) is 21.7. The van der Waals surface area contributed by atoms with Crippen LogP contribution in [0.1, 0.15) is 43.2 Å². The second kappa shape index (κ2) is 11.4. The van der Waals surface area contributed by atoms with Crippen molar-refractivity contribution in [3.63, 3.8) is 0 Å². The summed E-state index contributed by atoms with van der Waals surface area (Å²) in [6, 6.07) is 2.20. The summed E-state index contributed by atoms with van der Waals surface area (Å²) in [5.41, 5.74) is -1.22. The average Bonchev–Trinajstić information content (AvgIpc) is 3.39. The van der Waals surface area contributed by atoms with Gasteiger partial charge in [-0.25, -0.2) is 19.6 Å². The Kier molecular flexibility index (Phi) is 8.18. The molecule has 0 aliphatic carbocycles. The van der Waals surface area contributed by atoms with E-state index in [1.54, 1.807) is 11.5 Å². The van der Waals surface area contributed by atoms with Crippen LogP contribution in [0.2, 0.25) is 0 Å². The molecule has 0 atom stereocenters. The minimum atomic E-state index is -4.67.